The number of hydrogen-bond donors (Lipinski definition) is 4. The van der Waals surface area contributed by atoms with E-state index < -0.39 is 30.3 Å². The fourth-order valence-electron chi connectivity index (χ4n) is 11.6. The highest BCUT2D eigenvalue weighted by molar-refractivity contribution is 5.82. The third-order valence-electron chi connectivity index (χ3n) is 14.0. The van der Waals surface area contributed by atoms with Gasteiger partial charge in [-0.1, -0.05) is 46.3 Å². The smallest absolute Gasteiger partial charge is 0.136 e. The number of allylic oxidation sites excluding steroid dienone is 2. The van der Waals surface area contributed by atoms with E-state index in [1.165, 1.54) is 6.42 Å². The molecule has 1 aliphatic heterocycles. The molecule has 1 heterocycles. The maximum absolute atomic E-state index is 12.7. The van der Waals surface area contributed by atoms with Gasteiger partial charge in [0.15, 0.2) is 0 Å². The van der Waals surface area contributed by atoms with Gasteiger partial charge in [0.05, 0.1) is 25.4 Å². The molecule has 226 valence electrons. The number of rotatable bonds is 6. The van der Waals surface area contributed by atoms with E-state index >= 15 is 0 Å². The Bertz CT molecular complexity index is 1040. The highest BCUT2D eigenvalue weighted by Crippen LogP contribution is 2.71. The lowest BCUT2D eigenvalue weighted by molar-refractivity contribution is -0.168. The van der Waals surface area contributed by atoms with Crippen LogP contribution in [0, 0.1) is 57.2 Å². The molecular formula is C34H54O6. The van der Waals surface area contributed by atoms with E-state index in [0.29, 0.717) is 23.5 Å². The number of Topliss-reactive ketones (excluding diaryl/α,β-unsaturated/α-hetero) is 1. The molecule has 5 fully saturated rings. The Hall–Kier alpha value is -0.790. The standard InChI is InChI=1S/C34H54O6/c1-19-22-8-11-33(5)23-9-13-34(30(39)21(17-35)28(38)29-26(18-36)40-29)15-14-31(2,3)16-24(34)20(23)6-7-27(33)32(22,4)12-10-25(19)37/h6,19,21-24,26-30,35-36,38-39H,7-18H2,1-5H3. The van der Waals surface area contributed by atoms with Gasteiger partial charge >= 0.3 is 0 Å². The maximum atomic E-state index is 12.7. The number of aliphatic hydroxyl groups is 4. The Labute approximate surface area is 241 Å². The highest BCUT2D eigenvalue weighted by Gasteiger charge is 2.65. The lowest BCUT2D eigenvalue weighted by Gasteiger charge is -2.67. The number of ketones is 1. The number of epoxide rings is 1. The van der Waals surface area contributed by atoms with E-state index in [0.717, 1.165) is 57.8 Å². The van der Waals surface area contributed by atoms with Crippen LogP contribution in [-0.4, -0.2) is 63.8 Å². The molecule has 4 saturated carbocycles. The van der Waals surface area contributed by atoms with Crippen LogP contribution in [-0.2, 0) is 9.53 Å². The molecule has 0 aromatic rings. The molecular weight excluding hydrogens is 504 g/mol. The number of fused-ring (bicyclic) bond motifs is 7. The second-order valence-electron chi connectivity index (χ2n) is 16.3. The molecule has 6 heteroatoms. The van der Waals surface area contributed by atoms with Crippen LogP contribution in [0.15, 0.2) is 11.6 Å². The third-order valence-corrected chi connectivity index (χ3v) is 14.0. The third kappa shape index (κ3) is 4.17. The van der Waals surface area contributed by atoms with E-state index in [-0.39, 0.29) is 46.7 Å². The van der Waals surface area contributed by atoms with Crippen molar-refractivity contribution in [3.8, 4) is 0 Å². The maximum Gasteiger partial charge on any atom is 0.136 e. The topological polar surface area (TPSA) is 111 Å². The molecule has 13 atom stereocenters. The fraction of sp³-hybridized carbons (Fsp3) is 0.912. The minimum absolute atomic E-state index is 0.154. The molecule has 6 nitrogen and oxygen atoms in total. The predicted molar refractivity (Wildman–Crippen MR) is 153 cm³/mol. The van der Waals surface area contributed by atoms with Gasteiger partial charge < -0.3 is 25.2 Å². The monoisotopic (exact) mass is 558 g/mol. The zero-order chi connectivity index (χ0) is 28.8. The highest BCUT2D eigenvalue weighted by atomic mass is 16.6. The van der Waals surface area contributed by atoms with Crippen molar-refractivity contribution < 1.29 is 30.0 Å². The summed E-state index contributed by atoms with van der Waals surface area (Å²) in [4.78, 5) is 12.7. The molecule has 0 aromatic carbocycles. The number of ether oxygens (including phenoxy) is 1. The lowest BCUT2D eigenvalue weighted by atomic mass is 9.38. The van der Waals surface area contributed by atoms with Gasteiger partial charge in [0.1, 0.15) is 18.0 Å². The summed E-state index contributed by atoms with van der Waals surface area (Å²) in [5, 5.41) is 43.2. The summed E-state index contributed by atoms with van der Waals surface area (Å²) in [7, 11) is 0. The van der Waals surface area contributed by atoms with Crippen molar-refractivity contribution in [1.82, 2.24) is 0 Å². The molecule has 0 aromatic heterocycles. The van der Waals surface area contributed by atoms with E-state index in [2.05, 4.69) is 40.7 Å². The Morgan fingerprint density at radius 1 is 0.975 bits per heavy atom. The Morgan fingerprint density at radius 2 is 1.73 bits per heavy atom. The van der Waals surface area contributed by atoms with Gasteiger partial charge in [0.2, 0.25) is 0 Å². The van der Waals surface area contributed by atoms with Crippen molar-refractivity contribution in [3.63, 3.8) is 0 Å². The van der Waals surface area contributed by atoms with Crippen molar-refractivity contribution in [2.24, 2.45) is 57.2 Å². The Morgan fingerprint density at radius 3 is 2.40 bits per heavy atom. The zero-order valence-corrected chi connectivity index (χ0v) is 25.4. The number of carbonyl (C=O) groups is 1. The van der Waals surface area contributed by atoms with Crippen molar-refractivity contribution in [3.05, 3.63) is 11.6 Å². The van der Waals surface area contributed by atoms with Crippen molar-refractivity contribution in [2.75, 3.05) is 13.2 Å². The fourth-order valence-corrected chi connectivity index (χ4v) is 11.6. The molecule has 13 unspecified atom stereocenters. The van der Waals surface area contributed by atoms with Crippen LogP contribution in [0.25, 0.3) is 0 Å². The second kappa shape index (κ2) is 9.87. The van der Waals surface area contributed by atoms with Crippen LogP contribution in [0.3, 0.4) is 0 Å². The Balaban J connectivity index is 1.34. The van der Waals surface area contributed by atoms with E-state index in [9.17, 15) is 25.2 Å². The number of carbonyl (C=O) groups excluding carboxylic acids is 1. The summed E-state index contributed by atoms with van der Waals surface area (Å²) in [5.74, 6) is 1.72. The molecule has 1 saturated heterocycles. The summed E-state index contributed by atoms with van der Waals surface area (Å²) in [6.45, 7) is 11.5. The summed E-state index contributed by atoms with van der Waals surface area (Å²) < 4.78 is 5.49. The van der Waals surface area contributed by atoms with E-state index in [1.807, 2.05) is 0 Å². The van der Waals surface area contributed by atoms with Crippen LogP contribution >= 0.6 is 0 Å². The van der Waals surface area contributed by atoms with E-state index in [1.54, 1.807) is 5.57 Å². The molecule has 40 heavy (non-hydrogen) atoms. The first-order chi connectivity index (χ1) is 18.8. The van der Waals surface area contributed by atoms with Gasteiger partial charge in [-0.3, -0.25) is 4.79 Å². The summed E-state index contributed by atoms with van der Waals surface area (Å²) in [5.41, 5.74) is 1.74. The molecule has 5 aliphatic carbocycles. The predicted octanol–water partition coefficient (Wildman–Crippen LogP) is 4.67. The largest absolute Gasteiger partial charge is 0.396 e. The van der Waals surface area contributed by atoms with Crippen LogP contribution in [0.5, 0.6) is 0 Å². The van der Waals surface area contributed by atoms with Crippen LogP contribution in [0.2, 0.25) is 0 Å². The molecule has 4 N–H and O–H groups in total. The SMILES string of the molecule is CC1C(=O)CCC2(C)C1CCC1(C)C3CCC4(C(O)C(CO)C(O)C5OC5CO)CCC(C)(C)CC4C3=CCC12. The average molecular weight is 559 g/mol. The number of hydrogen-bond acceptors (Lipinski definition) is 6. The van der Waals surface area contributed by atoms with Gasteiger partial charge in [-0.05, 0) is 97.7 Å². The molecule has 0 amide bonds. The average Bonchev–Trinajstić information content (AvgIpc) is 3.71. The van der Waals surface area contributed by atoms with Crippen LogP contribution in [0.4, 0.5) is 0 Å². The first-order valence-corrected chi connectivity index (χ1v) is 16.3. The summed E-state index contributed by atoms with van der Waals surface area (Å²) in [6.07, 6.45) is 9.81. The molecule has 0 bridgehead atoms. The van der Waals surface area contributed by atoms with Crippen LogP contribution in [0.1, 0.15) is 98.8 Å². The quantitative estimate of drug-likeness (QED) is 0.279. The minimum atomic E-state index is -0.992. The van der Waals surface area contributed by atoms with Gasteiger partial charge in [-0.25, -0.2) is 0 Å². The van der Waals surface area contributed by atoms with Gasteiger partial charge in [0.25, 0.3) is 0 Å². The van der Waals surface area contributed by atoms with Gasteiger partial charge in [-0.15, -0.1) is 0 Å². The first kappa shape index (κ1) is 29.3. The normalized spacial score (nSPS) is 49.9. The van der Waals surface area contributed by atoms with Gasteiger partial charge in [0, 0.05) is 23.7 Å². The second-order valence-corrected chi connectivity index (χ2v) is 16.3. The zero-order valence-electron chi connectivity index (χ0n) is 25.4. The number of aliphatic hydroxyl groups excluding tert-OH is 4. The van der Waals surface area contributed by atoms with Crippen LogP contribution < -0.4 is 0 Å². The first-order valence-electron chi connectivity index (χ1n) is 16.3. The summed E-state index contributed by atoms with van der Waals surface area (Å²) >= 11 is 0. The van der Waals surface area contributed by atoms with E-state index in [4.69, 9.17) is 4.74 Å². The molecule has 0 spiro atoms. The lowest BCUT2D eigenvalue weighted by Crippen LogP contribution is -2.61. The van der Waals surface area contributed by atoms with Crippen molar-refractivity contribution in [2.45, 2.75) is 123 Å². The summed E-state index contributed by atoms with van der Waals surface area (Å²) in [6, 6.07) is 0. The molecule has 6 aliphatic rings. The molecule has 0 radical (unpaired) electrons. The van der Waals surface area contributed by atoms with Crippen molar-refractivity contribution in [1.29, 1.82) is 0 Å². The Kier molecular flexibility index (Phi) is 7.23. The molecule has 6 rings (SSSR count). The van der Waals surface area contributed by atoms with Gasteiger partial charge in [-0.2, -0.15) is 0 Å². The van der Waals surface area contributed by atoms with Crippen molar-refractivity contribution >= 4 is 5.78 Å². The minimum Gasteiger partial charge on any atom is -0.396 e.